The van der Waals surface area contributed by atoms with Gasteiger partial charge in [-0.25, -0.2) is 14.2 Å². The van der Waals surface area contributed by atoms with Crippen LogP contribution in [0.4, 0.5) is 4.39 Å². The predicted octanol–water partition coefficient (Wildman–Crippen LogP) is 4.33. The number of esters is 1. The molecule has 4 rings (SSSR count). The second kappa shape index (κ2) is 7.43. The highest BCUT2D eigenvalue weighted by molar-refractivity contribution is 5.87. The number of carbonyl (C=O) groups is 1. The van der Waals surface area contributed by atoms with E-state index in [4.69, 9.17) is 13.6 Å². The fourth-order valence-electron chi connectivity index (χ4n) is 2.47. The van der Waals surface area contributed by atoms with Crippen LogP contribution in [-0.2, 0) is 9.53 Å². The first-order valence-corrected chi connectivity index (χ1v) is 8.42. The van der Waals surface area contributed by atoms with E-state index in [1.54, 1.807) is 13.0 Å². The van der Waals surface area contributed by atoms with Gasteiger partial charge in [0.2, 0.25) is 11.8 Å². The van der Waals surface area contributed by atoms with E-state index in [1.165, 1.54) is 36.4 Å². The van der Waals surface area contributed by atoms with Crippen LogP contribution < -0.4 is 0 Å². The molecular weight excluding hydrogens is 365 g/mol. The normalized spacial score (nSPS) is 12.5. The summed E-state index contributed by atoms with van der Waals surface area (Å²) >= 11 is 0. The smallest absolute Gasteiger partial charge is 0.331 e. The van der Waals surface area contributed by atoms with Gasteiger partial charge in [0.1, 0.15) is 11.3 Å². The van der Waals surface area contributed by atoms with Gasteiger partial charge in [-0.2, -0.15) is 0 Å². The van der Waals surface area contributed by atoms with Crippen LogP contribution in [-0.4, -0.2) is 21.2 Å². The summed E-state index contributed by atoms with van der Waals surface area (Å²) in [5.41, 5.74) is 1.89. The molecule has 4 aromatic rings. The third kappa shape index (κ3) is 3.80. The lowest BCUT2D eigenvalue weighted by Crippen LogP contribution is -2.06. The Labute approximate surface area is 158 Å². The Hall–Kier alpha value is -3.81. The highest BCUT2D eigenvalue weighted by Crippen LogP contribution is 2.23. The molecule has 0 aliphatic carbocycles. The average molecular weight is 379 g/mol. The van der Waals surface area contributed by atoms with Crippen molar-refractivity contribution in [2.45, 2.75) is 13.0 Å². The Bertz CT molecular complexity index is 1110. The van der Waals surface area contributed by atoms with Gasteiger partial charge in [-0.05, 0) is 43.3 Å². The maximum atomic E-state index is 13.0. The zero-order chi connectivity index (χ0) is 19.5. The molecular formula is C20H14FN3O4. The van der Waals surface area contributed by atoms with Crippen LogP contribution in [0.25, 0.3) is 28.6 Å². The molecule has 2 aromatic heterocycles. The van der Waals surface area contributed by atoms with E-state index in [-0.39, 0.29) is 17.6 Å². The first kappa shape index (κ1) is 17.6. The molecule has 0 bridgehead atoms. The highest BCUT2D eigenvalue weighted by Gasteiger charge is 2.18. The van der Waals surface area contributed by atoms with Crippen molar-refractivity contribution in [3.8, 4) is 11.5 Å². The van der Waals surface area contributed by atoms with E-state index in [0.717, 1.165) is 0 Å². The average Bonchev–Trinajstić information content (AvgIpc) is 3.34. The van der Waals surface area contributed by atoms with Crippen molar-refractivity contribution in [1.29, 1.82) is 0 Å². The van der Waals surface area contributed by atoms with E-state index < -0.39 is 12.1 Å². The lowest BCUT2D eigenvalue weighted by molar-refractivity contribution is -0.143. The Morgan fingerprint density at radius 1 is 1.11 bits per heavy atom. The van der Waals surface area contributed by atoms with E-state index in [1.807, 2.05) is 18.2 Å². The lowest BCUT2D eigenvalue weighted by Gasteiger charge is -2.06. The lowest BCUT2D eigenvalue weighted by atomic mass is 10.2. The van der Waals surface area contributed by atoms with Crippen LogP contribution in [0.1, 0.15) is 24.8 Å². The second-order valence-corrected chi connectivity index (χ2v) is 5.88. The van der Waals surface area contributed by atoms with Crippen molar-refractivity contribution in [2.24, 2.45) is 0 Å². The minimum Gasteiger partial charge on any atom is -0.449 e. The molecule has 0 N–H and O–H groups in total. The number of carbonyl (C=O) groups excluding carboxylic acids is 1. The molecule has 0 aliphatic heterocycles. The molecule has 0 amide bonds. The Kier molecular flexibility index (Phi) is 4.67. The summed E-state index contributed by atoms with van der Waals surface area (Å²) in [6, 6.07) is 12.9. The third-order valence-corrected chi connectivity index (χ3v) is 3.84. The van der Waals surface area contributed by atoms with Crippen LogP contribution in [0.15, 0.2) is 63.4 Å². The number of ether oxygens (including phenoxy) is 1. The van der Waals surface area contributed by atoms with Gasteiger partial charge in [0, 0.05) is 17.7 Å². The first-order valence-electron chi connectivity index (χ1n) is 8.42. The fourth-order valence-corrected chi connectivity index (χ4v) is 2.47. The van der Waals surface area contributed by atoms with E-state index >= 15 is 0 Å². The van der Waals surface area contributed by atoms with Crippen LogP contribution in [0.5, 0.6) is 0 Å². The van der Waals surface area contributed by atoms with Gasteiger partial charge in [0.05, 0.1) is 0 Å². The summed E-state index contributed by atoms with van der Waals surface area (Å²) in [4.78, 5) is 16.3. The van der Waals surface area contributed by atoms with Crippen molar-refractivity contribution >= 4 is 23.1 Å². The van der Waals surface area contributed by atoms with Gasteiger partial charge in [-0.1, -0.05) is 12.1 Å². The van der Waals surface area contributed by atoms with E-state index in [9.17, 15) is 9.18 Å². The molecule has 0 saturated heterocycles. The standard InChI is InChI=1S/C20H14FN3O4/c1-12(19-23-24-20(28-19)13-6-8-14(21)9-7-13)26-18(25)11-10-17-22-15-4-2-3-5-16(15)27-17/h2-12H,1H3/b11-10+/t12-/m0/s1. The largest absolute Gasteiger partial charge is 0.449 e. The number of hydrogen-bond donors (Lipinski definition) is 0. The molecule has 28 heavy (non-hydrogen) atoms. The zero-order valence-electron chi connectivity index (χ0n) is 14.7. The number of benzene rings is 2. The van der Waals surface area contributed by atoms with Gasteiger partial charge in [-0.3, -0.25) is 0 Å². The summed E-state index contributed by atoms with van der Waals surface area (Å²) in [7, 11) is 0. The zero-order valence-corrected chi connectivity index (χ0v) is 14.7. The van der Waals surface area contributed by atoms with Crippen molar-refractivity contribution in [3.05, 3.63) is 72.2 Å². The number of para-hydroxylation sites is 2. The maximum Gasteiger partial charge on any atom is 0.331 e. The summed E-state index contributed by atoms with van der Waals surface area (Å²) in [6.07, 6.45) is 1.87. The molecule has 0 saturated carbocycles. The second-order valence-electron chi connectivity index (χ2n) is 5.88. The molecule has 0 fully saturated rings. The predicted molar refractivity (Wildman–Crippen MR) is 97.2 cm³/mol. The van der Waals surface area contributed by atoms with Gasteiger partial charge < -0.3 is 13.6 Å². The van der Waals surface area contributed by atoms with Crippen LogP contribution in [0, 0.1) is 5.82 Å². The summed E-state index contributed by atoms with van der Waals surface area (Å²) in [5.74, 6) is -0.349. The Morgan fingerprint density at radius 2 is 1.89 bits per heavy atom. The number of hydrogen-bond acceptors (Lipinski definition) is 7. The number of nitrogens with zero attached hydrogens (tertiary/aromatic N) is 3. The molecule has 0 unspecified atom stereocenters. The summed E-state index contributed by atoms with van der Waals surface area (Å²) < 4.78 is 29.2. The van der Waals surface area contributed by atoms with Gasteiger partial charge in [-0.15, -0.1) is 10.2 Å². The molecule has 140 valence electrons. The molecule has 0 radical (unpaired) electrons. The molecule has 0 aliphatic rings. The topological polar surface area (TPSA) is 91.2 Å². The maximum absolute atomic E-state index is 13.0. The van der Waals surface area contributed by atoms with Crippen molar-refractivity contribution in [3.63, 3.8) is 0 Å². The van der Waals surface area contributed by atoms with Crippen molar-refractivity contribution < 1.29 is 22.8 Å². The van der Waals surface area contributed by atoms with Gasteiger partial charge >= 0.3 is 5.97 Å². The number of oxazole rings is 1. The van der Waals surface area contributed by atoms with Crippen molar-refractivity contribution in [1.82, 2.24) is 15.2 Å². The van der Waals surface area contributed by atoms with Gasteiger partial charge in [0.15, 0.2) is 11.7 Å². The fraction of sp³-hybridized carbons (Fsp3) is 0.100. The highest BCUT2D eigenvalue weighted by atomic mass is 19.1. The summed E-state index contributed by atoms with van der Waals surface area (Å²) in [6.45, 7) is 1.60. The molecule has 8 heteroatoms. The van der Waals surface area contributed by atoms with Crippen LogP contribution in [0.2, 0.25) is 0 Å². The van der Waals surface area contributed by atoms with Crippen LogP contribution >= 0.6 is 0 Å². The molecule has 2 heterocycles. The minimum absolute atomic E-state index is 0.128. The molecule has 2 aromatic carbocycles. The van der Waals surface area contributed by atoms with E-state index in [2.05, 4.69) is 15.2 Å². The monoisotopic (exact) mass is 379 g/mol. The SMILES string of the molecule is C[C@H](OC(=O)/C=C/c1nc2ccccc2o1)c1nnc(-c2ccc(F)cc2)o1. The summed E-state index contributed by atoms with van der Waals surface area (Å²) in [5, 5.41) is 7.76. The Balaban J connectivity index is 1.41. The van der Waals surface area contributed by atoms with Crippen molar-refractivity contribution in [2.75, 3.05) is 0 Å². The number of aromatic nitrogens is 3. The molecule has 1 atom stereocenters. The Morgan fingerprint density at radius 3 is 2.68 bits per heavy atom. The molecule has 7 nitrogen and oxygen atoms in total. The third-order valence-electron chi connectivity index (χ3n) is 3.84. The quantitative estimate of drug-likeness (QED) is 0.376. The molecule has 0 spiro atoms. The minimum atomic E-state index is -0.762. The number of fused-ring (bicyclic) bond motifs is 1. The first-order chi connectivity index (χ1) is 13.6. The van der Waals surface area contributed by atoms with Gasteiger partial charge in [0.25, 0.3) is 5.89 Å². The van der Waals surface area contributed by atoms with E-state index in [0.29, 0.717) is 22.6 Å². The number of rotatable bonds is 5. The van der Waals surface area contributed by atoms with Crippen LogP contribution in [0.3, 0.4) is 0 Å². The number of halogens is 1.